The molecule has 1 aromatic carbocycles. The van der Waals surface area contributed by atoms with Crippen LogP contribution >= 0.6 is 0 Å². The van der Waals surface area contributed by atoms with Gasteiger partial charge in [0.2, 0.25) is 0 Å². The molecule has 0 radical (unpaired) electrons. The van der Waals surface area contributed by atoms with E-state index in [-0.39, 0.29) is 0 Å². The fourth-order valence-corrected chi connectivity index (χ4v) is 2.38. The molecule has 0 heterocycles. The number of aliphatic hydroxyl groups is 1. The van der Waals surface area contributed by atoms with Crippen molar-refractivity contribution in [3.05, 3.63) is 36.5 Å². The van der Waals surface area contributed by atoms with Gasteiger partial charge in [0, 0.05) is 6.20 Å². The number of hydrogen-bond donors (Lipinski definition) is 1. The van der Waals surface area contributed by atoms with Gasteiger partial charge in [0.25, 0.3) is 0 Å². The summed E-state index contributed by atoms with van der Waals surface area (Å²) in [5, 5.41) is 10.1. The van der Waals surface area contributed by atoms with Crippen molar-refractivity contribution in [3.63, 3.8) is 0 Å². The molecule has 1 amide bonds. The van der Waals surface area contributed by atoms with Gasteiger partial charge < -0.3 is 14.6 Å². The smallest absolute Gasteiger partial charge is 0.418 e. The Hall–Kier alpha value is -2.01. The molecule has 5 heteroatoms. The van der Waals surface area contributed by atoms with Crippen LogP contribution < -0.4 is 9.64 Å². The van der Waals surface area contributed by atoms with E-state index in [0.717, 1.165) is 25.7 Å². The predicted octanol–water partition coefficient (Wildman–Crippen LogP) is 5.28. The molecule has 0 bridgehead atoms. The van der Waals surface area contributed by atoms with Crippen molar-refractivity contribution in [2.75, 3.05) is 12.0 Å². The highest BCUT2D eigenvalue weighted by molar-refractivity contribution is 5.89. The van der Waals surface area contributed by atoms with Gasteiger partial charge in [-0.05, 0) is 57.9 Å². The second kappa shape index (κ2) is 10.9. The van der Waals surface area contributed by atoms with Gasteiger partial charge in [-0.3, -0.25) is 4.90 Å². The van der Waals surface area contributed by atoms with E-state index in [1.54, 1.807) is 37.6 Å². The standard InChI is InChI=1S/C21H33NO4/c1-6-7-8-10-18(23)11-9-16-22(20(24)26-21(2,3)4)17-12-14-19(25-5)15-13-17/h9,12-16,18,23H,6-8,10-11H2,1-5H3/b16-9+. The lowest BCUT2D eigenvalue weighted by atomic mass is 10.1. The Morgan fingerprint density at radius 2 is 1.88 bits per heavy atom. The number of benzene rings is 1. The Kier molecular flexibility index (Phi) is 9.21. The van der Waals surface area contributed by atoms with Crippen molar-refractivity contribution in [1.29, 1.82) is 0 Å². The predicted molar refractivity (Wildman–Crippen MR) is 106 cm³/mol. The summed E-state index contributed by atoms with van der Waals surface area (Å²) in [6.07, 6.45) is 7.16. The normalized spacial score (nSPS) is 12.8. The van der Waals surface area contributed by atoms with E-state index in [0.29, 0.717) is 17.9 Å². The van der Waals surface area contributed by atoms with E-state index < -0.39 is 17.8 Å². The SMILES string of the molecule is CCCCCC(O)C/C=C/N(C(=O)OC(C)(C)C)c1ccc(OC)cc1. The van der Waals surface area contributed by atoms with E-state index in [9.17, 15) is 9.90 Å². The first-order chi connectivity index (χ1) is 12.3. The molecule has 1 rings (SSSR count). The molecule has 1 atom stereocenters. The molecule has 0 aliphatic rings. The molecule has 0 aromatic heterocycles. The van der Waals surface area contributed by atoms with Crippen LogP contribution in [0.15, 0.2) is 36.5 Å². The first-order valence-corrected chi connectivity index (χ1v) is 9.27. The number of methoxy groups -OCH3 is 1. The molecule has 5 nitrogen and oxygen atoms in total. The van der Waals surface area contributed by atoms with E-state index in [2.05, 4.69) is 6.92 Å². The zero-order valence-electron chi connectivity index (χ0n) is 16.7. The van der Waals surface area contributed by atoms with Gasteiger partial charge in [-0.25, -0.2) is 4.79 Å². The molecule has 0 fully saturated rings. The molecular formula is C21H33NO4. The lowest BCUT2D eigenvalue weighted by molar-refractivity contribution is 0.0596. The molecule has 146 valence electrons. The summed E-state index contributed by atoms with van der Waals surface area (Å²) in [6, 6.07) is 7.18. The fraction of sp³-hybridized carbons (Fsp3) is 0.571. The minimum Gasteiger partial charge on any atom is -0.497 e. The van der Waals surface area contributed by atoms with Crippen LogP contribution in [-0.4, -0.2) is 30.0 Å². The lowest BCUT2D eigenvalue weighted by Crippen LogP contribution is -2.33. The Labute approximate surface area is 157 Å². The molecule has 0 aliphatic heterocycles. The summed E-state index contributed by atoms with van der Waals surface area (Å²) in [5.41, 5.74) is 0.0896. The Morgan fingerprint density at radius 1 is 1.23 bits per heavy atom. The van der Waals surface area contributed by atoms with Gasteiger partial charge in [0.1, 0.15) is 11.4 Å². The van der Waals surface area contributed by atoms with E-state index in [1.165, 1.54) is 4.90 Å². The Morgan fingerprint density at radius 3 is 2.42 bits per heavy atom. The van der Waals surface area contributed by atoms with Crippen molar-refractivity contribution in [2.45, 2.75) is 71.5 Å². The molecule has 26 heavy (non-hydrogen) atoms. The van der Waals surface area contributed by atoms with Crippen LogP contribution in [-0.2, 0) is 4.74 Å². The molecule has 1 N–H and O–H groups in total. The highest BCUT2D eigenvalue weighted by Crippen LogP contribution is 2.22. The summed E-state index contributed by atoms with van der Waals surface area (Å²) < 4.78 is 10.7. The summed E-state index contributed by atoms with van der Waals surface area (Å²) >= 11 is 0. The summed E-state index contributed by atoms with van der Waals surface area (Å²) in [5.74, 6) is 0.716. The van der Waals surface area contributed by atoms with Crippen molar-refractivity contribution >= 4 is 11.8 Å². The number of unbranched alkanes of at least 4 members (excludes halogenated alkanes) is 2. The molecule has 1 aromatic rings. The van der Waals surface area contributed by atoms with Crippen molar-refractivity contribution in [3.8, 4) is 5.75 Å². The maximum absolute atomic E-state index is 12.6. The average molecular weight is 363 g/mol. The van der Waals surface area contributed by atoms with Crippen LogP contribution in [0.4, 0.5) is 10.5 Å². The molecule has 0 spiro atoms. The number of carbonyl (C=O) groups is 1. The van der Waals surface area contributed by atoms with Crippen LogP contribution in [0.1, 0.15) is 59.8 Å². The van der Waals surface area contributed by atoms with Crippen molar-refractivity contribution in [1.82, 2.24) is 0 Å². The van der Waals surface area contributed by atoms with E-state index in [4.69, 9.17) is 9.47 Å². The highest BCUT2D eigenvalue weighted by atomic mass is 16.6. The summed E-state index contributed by atoms with van der Waals surface area (Å²) in [6.45, 7) is 7.63. The van der Waals surface area contributed by atoms with E-state index in [1.807, 2.05) is 26.8 Å². The van der Waals surface area contributed by atoms with Gasteiger partial charge in [-0.2, -0.15) is 0 Å². The second-order valence-electron chi connectivity index (χ2n) is 7.32. The number of amides is 1. The molecule has 0 saturated heterocycles. The largest absolute Gasteiger partial charge is 0.497 e. The van der Waals surface area contributed by atoms with Crippen LogP contribution in [0, 0.1) is 0 Å². The van der Waals surface area contributed by atoms with Crippen LogP contribution in [0.2, 0.25) is 0 Å². The number of hydrogen-bond acceptors (Lipinski definition) is 4. The first-order valence-electron chi connectivity index (χ1n) is 9.27. The number of rotatable bonds is 9. The number of ether oxygens (including phenoxy) is 2. The number of carbonyl (C=O) groups excluding carboxylic acids is 1. The zero-order valence-corrected chi connectivity index (χ0v) is 16.7. The molecule has 0 saturated carbocycles. The Bertz CT molecular complexity index is 560. The highest BCUT2D eigenvalue weighted by Gasteiger charge is 2.22. The molecule has 1 unspecified atom stereocenters. The maximum atomic E-state index is 12.6. The first kappa shape index (κ1) is 22.0. The van der Waals surface area contributed by atoms with Crippen LogP contribution in [0.25, 0.3) is 0 Å². The fourth-order valence-electron chi connectivity index (χ4n) is 2.38. The van der Waals surface area contributed by atoms with Gasteiger partial charge in [0.15, 0.2) is 0 Å². The Balaban J connectivity index is 2.83. The monoisotopic (exact) mass is 363 g/mol. The lowest BCUT2D eigenvalue weighted by Gasteiger charge is -2.25. The summed E-state index contributed by atoms with van der Waals surface area (Å²) in [4.78, 5) is 14.0. The van der Waals surface area contributed by atoms with Gasteiger partial charge in [-0.1, -0.05) is 32.3 Å². The topological polar surface area (TPSA) is 59.0 Å². The van der Waals surface area contributed by atoms with Crippen LogP contribution in [0.3, 0.4) is 0 Å². The summed E-state index contributed by atoms with van der Waals surface area (Å²) in [7, 11) is 1.60. The second-order valence-corrected chi connectivity index (χ2v) is 7.32. The van der Waals surface area contributed by atoms with E-state index >= 15 is 0 Å². The number of anilines is 1. The average Bonchev–Trinajstić information content (AvgIpc) is 2.57. The number of aliphatic hydroxyl groups excluding tert-OH is 1. The van der Waals surface area contributed by atoms with Gasteiger partial charge in [-0.15, -0.1) is 0 Å². The van der Waals surface area contributed by atoms with Crippen molar-refractivity contribution in [2.24, 2.45) is 0 Å². The molecule has 0 aliphatic carbocycles. The van der Waals surface area contributed by atoms with Gasteiger partial charge >= 0.3 is 6.09 Å². The minimum absolute atomic E-state index is 0.394. The quantitative estimate of drug-likeness (QED) is 0.606. The number of nitrogens with zero attached hydrogens (tertiary/aromatic N) is 1. The third kappa shape index (κ3) is 8.39. The zero-order chi connectivity index (χ0) is 19.6. The van der Waals surface area contributed by atoms with Crippen LogP contribution in [0.5, 0.6) is 5.75 Å². The minimum atomic E-state index is -0.588. The third-order valence-corrected chi connectivity index (χ3v) is 3.74. The third-order valence-electron chi connectivity index (χ3n) is 3.74. The van der Waals surface area contributed by atoms with Gasteiger partial charge in [0.05, 0.1) is 18.9 Å². The molecular weight excluding hydrogens is 330 g/mol. The maximum Gasteiger partial charge on any atom is 0.418 e. The van der Waals surface area contributed by atoms with Crippen molar-refractivity contribution < 1.29 is 19.4 Å².